The highest BCUT2D eigenvalue weighted by Gasteiger charge is 2.01. The van der Waals surface area contributed by atoms with Crippen LogP contribution in [-0.2, 0) is 4.79 Å². The second-order valence-electron chi connectivity index (χ2n) is 3.46. The van der Waals surface area contributed by atoms with Gasteiger partial charge in [0.25, 0.3) is 0 Å². The van der Waals surface area contributed by atoms with E-state index in [1.165, 1.54) is 0 Å². The van der Waals surface area contributed by atoms with Crippen LogP contribution in [0.3, 0.4) is 0 Å². The van der Waals surface area contributed by atoms with Crippen LogP contribution in [0.25, 0.3) is 0 Å². The van der Waals surface area contributed by atoms with Crippen LogP contribution in [0.5, 0.6) is 5.75 Å². The van der Waals surface area contributed by atoms with Crippen LogP contribution in [0, 0.1) is 0 Å². The fourth-order valence-corrected chi connectivity index (χ4v) is 1.30. The maximum atomic E-state index is 11.4. The van der Waals surface area contributed by atoms with Crippen molar-refractivity contribution in [2.75, 3.05) is 19.0 Å². The summed E-state index contributed by atoms with van der Waals surface area (Å²) in [6, 6.07) is 7.18. The summed E-state index contributed by atoms with van der Waals surface area (Å²) >= 11 is 0. The molecule has 0 heterocycles. The van der Waals surface area contributed by atoms with Gasteiger partial charge in [-0.2, -0.15) is 0 Å². The van der Waals surface area contributed by atoms with Crippen LogP contribution in [0.2, 0.25) is 0 Å². The Kier molecular flexibility index (Phi) is 5.36. The highest BCUT2D eigenvalue weighted by Crippen LogP contribution is 2.15. The summed E-state index contributed by atoms with van der Waals surface area (Å²) in [5, 5.41) is 11.4. The summed E-state index contributed by atoms with van der Waals surface area (Å²) < 4.78 is 5.01. The number of hydrogen-bond donors (Lipinski definition) is 2. The Bertz CT molecular complexity index is 322. The van der Waals surface area contributed by atoms with E-state index >= 15 is 0 Å². The standard InChI is InChI=1S/C12H17NO3/c1-16-11-7-5-10(6-8-11)13-12(15)4-2-3-9-14/h5-8,14H,2-4,9H2,1H3,(H,13,15). The number of hydrogen-bond acceptors (Lipinski definition) is 3. The third-order valence-electron chi connectivity index (χ3n) is 2.19. The molecule has 1 rings (SSSR count). The molecule has 2 N–H and O–H groups in total. The fraction of sp³-hybridized carbons (Fsp3) is 0.417. The highest BCUT2D eigenvalue weighted by atomic mass is 16.5. The molecule has 1 aromatic carbocycles. The van der Waals surface area contributed by atoms with Crippen LogP contribution in [0.4, 0.5) is 5.69 Å². The van der Waals surface area contributed by atoms with Crippen molar-refractivity contribution in [2.24, 2.45) is 0 Å². The first-order valence-corrected chi connectivity index (χ1v) is 5.31. The normalized spacial score (nSPS) is 9.88. The molecule has 0 radical (unpaired) electrons. The summed E-state index contributed by atoms with van der Waals surface area (Å²) in [7, 11) is 1.60. The smallest absolute Gasteiger partial charge is 0.224 e. The first-order chi connectivity index (χ1) is 7.76. The van der Waals surface area contributed by atoms with Crippen molar-refractivity contribution >= 4 is 11.6 Å². The van der Waals surface area contributed by atoms with Gasteiger partial charge in [0.2, 0.25) is 5.91 Å². The molecule has 1 aromatic rings. The lowest BCUT2D eigenvalue weighted by atomic mass is 10.2. The van der Waals surface area contributed by atoms with E-state index in [4.69, 9.17) is 9.84 Å². The van der Waals surface area contributed by atoms with Crippen molar-refractivity contribution in [3.8, 4) is 5.75 Å². The molecule has 88 valence electrons. The van der Waals surface area contributed by atoms with Gasteiger partial charge in [0, 0.05) is 18.7 Å². The van der Waals surface area contributed by atoms with E-state index in [1.807, 2.05) is 0 Å². The number of amides is 1. The number of aliphatic hydroxyl groups excluding tert-OH is 1. The van der Waals surface area contributed by atoms with E-state index < -0.39 is 0 Å². The fourth-order valence-electron chi connectivity index (χ4n) is 1.30. The Balaban J connectivity index is 2.37. The molecule has 0 aliphatic carbocycles. The molecule has 0 atom stereocenters. The topological polar surface area (TPSA) is 58.6 Å². The van der Waals surface area contributed by atoms with Crippen molar-refractivity contribution in [2.45, 2.75) is 19.3 Å². The minimum absolute atomic E-state index is 0.0291. The van der Waals surface area contributed by atoms with E-state index in [0.29, 0.717) is 19.3 Å². The number of nitrogens with one attached hydrogen (secondary N) is 1. The molecule has 0 spiro atoms. The van der Waals surface area contributed by atoms with Gasteiger partial charge in [-0.3, -0.25) is 4.79 Å². The van der Waals surface area contributed by atoms with Crippen LogP contribution < -0.4 is 10.1 Å². The lowest BCUT2D eigenvalue weighted by molar-refractivity contribution is -0.116. The summed E-state index contributed by atoms with van der Waals surface area (Å²) in [5.41, 5.74) is 0.759. The molecule has 4 heteroatoms. The predicted molar refractivity (Wildman–Crippen MR) is 62.6 cm³/mol. The van der Waals surface area contributed by atoms with Crippen LogP contribution in [0.1, 0.15) is 19.3 Å². The van der Waals surface area contributed by atoms with E-state index in [2.05, 4.69) is 5.32 Å². The molecule has 4 nitrogen and oxygen atoms in total. The molecule has 16 heavy (non-hydrogen) atoms. The number of carbonyl (C=O) groups is 1. The number of rotatable bonds is 6. The van der Waals surface area contributed by atoms with Crippen molar-refractivity contribution in [1.82, 2.24) is 0 Å². The van der Waals surface area contributed by atoms with Crippen LogP contribution in [0.15, 0.2) is 24.3 Å². The number of benzene rings is 1. The molecule has 0 bridgehead atoms. The third-order valence-corrected chi connectivity index (χ3v) is 2.19. The highest BCUT2D eigenvalue weighted by molar-refractivity contribution is 5.90. The summed E-state index contributed by atoms with van der Waals surface area (Å²) in [5.74, 6) is 0.733. The number of ether oxygens (including phenoxy) is 1. The molecule has 0 saturated carbocycles. The Hall–Kier alpha value is -1.55. The molecular weight excluding hydrogens is 206 g/mol. The molecule has 1 amide bonds. The molecule has 0 saturated heterocycles. The molecule has 0 aliphatic heterocycles. The van der Waals surface area contributed by atoms with Gasteiger partial charge in [-0.05, 0) is 37.1 Å². The van der Waals surface area contributed by atoms with E-state index in [9.17, 15) is 4.79 Å². The SMILES string of the molecule is COc1ccc(NC(=O)CCCCO)cc1. The van der Waals surface area contributed by atoms with Crippen molar-refractivity contribution in [1.29, 1.82) is 0 Å². The lowest BCUT2D eigenvalue weighted by Gasteiger charge is -2.05. The predicted octanol–water partition coefficient (Wildman–Crippen LogP) is 1.80. The van der Waals surface area contributed by atoms with Crippen molar-refractivity contribution in [3.05, 3.63) is 24.3 Å². The molecule has 0 fully saturated rings. The number of carbonyl (C=O) groups excluding carboxylic acids is 1. The number of anilines is 1. The first-order valence-electron chi connectivity index (χ1n) is 5.31. The quantitative estimate of drug-likeness (QED) is 0.723. The molecular formula is C12H17NO3. The number of aliphatic hydroxyl groups is 1. The average Bonchev–Trinajstić information content (AvgIpc) is 2.30. The molecule has 0 aliphatic rings. The van der Waals surface area contributed by atoms with Gasteiger partial charge in [0.05, 0.1) is 7.11 Å². The number of unbranched alkanes of at least 4 members (excludes halogenated alkanes) is 1. The second-order valence-corrected chi connectivity index (χ2v) is 3.46. The van der Waals surface area contributed by atoms with Gasteiger partial charge in [0.15, 0.2) is 0 Å². The van der Waals surface area contributed by atoms with Crippen molar-refractivity contribution in [3.63, 3.8) is 0 Å². The van der Waals surface area contributed by atoms with Crippen LogP contribution in [-0.4, -0.2) is 24.7 Å². The Labute approximate surface area is 95.2 Å². The average molecular weight is 223 g/mol. The lowest BCUT2D eigenvalue weighted by Crippen LogP contribution is -2.11. The zero-order valence-corrected chi connectivity index (χ0v) is 9.40. The van der Waals surface area contributed by atoms with Gasteiger partial charge in [0.1, 0.15) is 5.75 Å². The summed E-state index contributed by atoms with van der Waals surface area (Å²) in [4.78, 5) is 11.4. The minimum atomic E-state index is -0.0291. The third kappa shape index (κ3) is 4.31. The van der Waals surface area contributed by atoms with Gasteiger partial charge >= 0.3 is 0 Å². The Morgan fingerprint density at radius 3 is 2.56 bits per heavy atom. The monoisotopic (exact) mass is 223 g/mol. The zero-order valence-electron chi connectivity index (χ0n) is 9.40. The van der Waals surface area contributed by atoms with Gasteiger partial charge < -0.3 is 15.2 Å². The molecule has 0 unspecified atom stereocenters. The van der Waals surface area contributed by atoms with E-state index in [0.717, 1.165) is 11.4 Å². The largest absolute Gasteiger partial charge is 0.497 e. The van der Waals surface area contributed by atoms with Crippen LogP contribution >= 0.6 is 0 Å². The maximum Gasteiger partial charge on any atom is 0.224 e. The minimum Gasteiger partial charge on any atom is -0.497 e. The summed E-state index contributed by atoms with van der Waals surface area (Å²) in [6.45, 7) is 0.135. The summed E-state index contributed by atoms with van der Waals surface area (Å²) in [6.07, 6.45) is 1.81. The molecule has 0 aromatic heterocycles. The Morgan fingerprint density at radius 2 is 2.00 bits per heavy atom. The van der Waals surface area contributed by atoms with E-state index in [-0.39, 0.29) is 12.5 Å². The first kappa shape index (κ1) is 12.5. The van der Waals surface area contributed by atoms with E-state index in [1.54, 1.807) is 31.4 Å². The zero-order chi connectivity index (χ0) is 11.8. The van der Waals surface area contributed by atoms with Gasteiger partial charge in [-0.1, -0.05) is 0 Å². The number of methoxy groups -OCH3 is 1. The van der Waals surface area contributed by atoms with Gasteiger partial charge in [-0.25, -0.2) is 0 Å². The van der Waals surface area contributed by atoms with Crippen molar-refractivity contribution < 1.29 is 14.6 Å². The second kappa shape index (κ2) is 6.85. The Morgan fingerprint density at radius 1 is 1.31 bits per heavy atom. The maximum absolute atomic E-state index is 11.4. The van der Waals surface area contributed by atoms with Gasteiger partial charge in [-0.15, -0.1) is 0 Å².